The SMILES string of the molecule is C[C@H]1[C@H]([Si](C)(C)F)[C@@H](CC(=O)N2Cc3ccccc3C[C@H]2CO)O[C@]12C(=O)N(Cc1ccc(N(C=O)c3ccccc3)cc1)c1ccc([N+](=O)[O-])cc12. The van der Waals surface area contributed by atoms with Crippen molar-refractivity contribution in [3.05, 3.63) is 129 Å². The Kier molecular flexibility index (Phi) is 9.51. The quantitative estimate of drug-likeness (QED) is 0.0642. The number of benzene rings is 4. The number of rotatable bonds is 10. The molecule has 11 nitrogen and oxygen atoms in total. The molecule has 5 atom stereocenters. The molecule has 274 valence electrons. The van der Waals surface area contributed by atoms with Gasteiger partial charge in [-0.1, -0.05) is 61.5 Å². The Morgan fingerprint density at radius 2 is 1.70 bits per heavy atom. The molecule has 1 saturated heterocycles. The van der Waals surface area contributed by atoms with Crippen molar-refractivity contribution in [2.45, 2.75) is 69.2 Å². The molecule has 3 aliphatic heterocycles. The van der Waals surface area contributed by atoms with Gasteiger partial charge >= 0.3 is 0 Å². The number of aliphatic hydroxyl groups excluding tert-OH is 1. The topological polar surface area (TPSA) is 134 Å². The van der Waals surface area contributed by atoms with Crippen LogP contribution >= 0.6 is 0 Å². The summed E-state index contributed by atoms with van der Waals surface area (Å²) in [4.78, 5) is 57.1. The van der Waals surface area contributed by atoms with Crippen molar-refractivity contribution in [2.75, 3.05) is 16.4 Å². The molecule has 0 aliphatic carbocycles. The zero-order chi connectivity index (χ0) is 37.7. The highest BCUT2D eigenvalue weighted by Crippen LogP contribution is 2.60. The Labute approximate surface area is 307 Å². The predicted octanol–water partition coefficient (Wildman–Crippen LogP) is 6.55. The van der Waals surface area contributed by atoms with Crippen LogP contribution in [0.1, 0.15) is 35.6 Å². The number of carbonyl (C=O) groups is 3. The van der Waals surface area contributed by atoms with Gasteiger partial charge in [0.15, 0.2) is 5.60 Å². The van der Waals surface area contributed by atoms with Gasteiger partial charge < -0.3 is 23.8 Å². The van der Waals surface area contributed by atoms with Crippen LogP contribution in [0.2, 0.25) is 18.6 Å². The monoisotopic (exact) mass is 736 g/mol. The summed E-state index contributed by atoms with van der Waals surface area (Å²) in [5, 5.41) is 22.3. The fraction of sp³-hybridized carbons (Fsp3) is 0.325. The third-order valence-corrected chi connectivity index (χ3v) is 13.6. The summed E-state index contributed by atoms with van der Waals surface area (Å²) in [6.45, 7) is 4.92. The lowest BCUT2D eigenvalue weighted by Gasteiger charge is -2.37. The third-order valence-electron chi connectivity index (χ3n) is 11.1. The van der Waals surface area contributed by atoms with Crippen molar-refractivity contribution in [2.24, 2.45) is 5.92 Å². The van der Waals surface area contributed by atoms with Crippen LogP contribution in [0.25, 0.3) is 0 Å². The number of hydrogen-bond donors (Lipinski definition) is 1. The number of nitro benzene ring substituents is 1. The Morgan fingerprint density at radius 1 is 1.04 bits per heavy atom. The molecule has 3 aliphatic rings. The smallest absolute Gasteiger partial charge is 0.269 e. The molecular formula is C40H41FN4O7Si. The highest BCUT2D eigenvalue weighted by molar-refractivity contribution is 6.72. The largest absolute Gasteiger partial charge is 0.394 e. The first-order valence-electron chi connectivity index (χ1n) is 17.7. The minimum absolute atomic E-state index is 0.0737. The number of halogens is 1. The van der Waals surface area contributed by atoms with Crippen LogP contribution in [0.3, 0.4) is 0 Å². The van der Waals surface area contributed by atoms with Gasteiger partial charge in [-0.15, -0.1) is 0 Å². The second kappa shape index (κ2) is 14.0. The van der Waals surface area contributed by atoms with Gasteiger partial charge in [0, 0.05) is 47.1 Å². The maximum atomic E-state index is 16.5. The van der Waals surface area contributed by atoms with Crippen LogP contribution in [0.4, 0.5) is 26.9 Å². The molecule has 13 heteroatoms. The molecule has 4 aromatic carbocycles. The number of hydrogen-bond acceptors (Lipinski definition) is 7. The normalized spacial score (nSPS) is 23.5. The van der Waals surface area contributed by atoms with Gasteiger partial charge in [-0.2, -0.15) is 0 Å². The van der Waals surface area contributed by atoms with Crippen molar-refractivity contribution >= 4 is 49.4 Å². The van der Waals surface area contributed by atoms with Crippen LogP contribution < -0.4 is 9.80 Å². The Morgan fingerprint density at radius 3 is 2.34 bits per heavy atom. The molecule has 4 aromatic rings. The minimum Gasteiger partial charge on any atom is -0.394 e. The number of anilines is 3. The number of para-hydroxylation sites is 1. The summed E-state index contributed by atoms with van der Waals surface area (Å²) in [6, 6.07) is 27.8. The number of carbonyl (C=O) groups excluding carboxylic acids is 3. The third kappa shape index (κ3) is 6.32. The summed E-state index contributed by atoms with van der Waals surface area (Å²) >= 11 is 0. The molecule has 53 heavy (non-hydrogen) atoms. The van der Waals surface area contributed by atoms with Crippen molar-refractivity contribution in [3.63, 3.8) is 0 Å². The lowest BCUT2D eigenvalue weighted by Crippen LogP contribution is -2.48. The van der Waals surface area contributed by atoms with E-state index in [1.54, 1.807) is 36.1 Å². The van der Waals surface area contributed by atoms with E-state index in [0.29, 0.717) is 23.5 Å². The van der Waals surface area contributed by atoms with Crippen molar-refractivity contribution in [3.8, 4) is 0 Å². The van der Waals surface area contributed by atoms with Gasteiger partial charge in [0.25, 0.3) is 11.6 Å². The standard InChI is InChI=1S/C40H41FN4O7Si/c1-26-38(53(2,3)41)36(21-37(48)42-23-29-10-8-7-9-28(29)19-33(42)24-46)52-40(26)34-20-32(45(50)51)17-18-35(34)43(39(40)49)22-27-13-15-31(16-14-27)44(25-47)30-11-5-4-6-12-30/h4-18,20,25-26,33,36,38,46H,19,21-24H2,1-3H3/t26-,33-,36+,38-,40+/m0/s1. The molecule has 0 aromatic heterocycles. The fourth-order valence-corrected chi connectivity index (χ4v) is 11.1. The van der Waals surface area contributed by atoms with Crippen molar-refractivity contribution in [1.29, 1.82) is 0 Å². The Hall–Kier alpha value is -5.24. The second-order valence-electron chi connectivity index (χ2n) is 14.6. The second-order valence-corrected chi connectivity index (χ2v) is 18.4. The maximum Gasteiger partial charge on any atom is 0.269 e. The summed E-state index contributed by atoms with van der Waals surface area (Å²) in [7, 11) is -3.66. The molecule has 1 N–H and O–H groups in total. The average molecular weight is 737 g/mol. The number of nitrogens with zero attached hydrogens (tertiary/aromatic N) is 4. The molecule has 0 radical (unpaired) electrons. The lowest BCUT2D eigenvalue weighted by atomic mass is 9.82. The average Bonchev–Trinajstić information content (AvgIpc) is 3.57. The van der Waals surface area contributed by atoms with Gasteiger partial charge in [0.1, 0.15) is 0 Å². The van der Waals surface area contributed by atoms with E-state index in [4.69, 9.17) is 4.74 Å². The number of aliphatic hydroxyl groups is 1. The molecule has 3 heterocycles. The van der Waals surface area contributed by atoms with Crippen LogP contribution in [0, 0.1) is 16.0 Å². The maximum absolute atomic E-state index is 16.5. The summed E-state index contributed by atoms with van der Waals surface area (Å²) in [6.07, 6.45) is -0.0179. The lowest BCUT2D eigenvalue weighted by molar-refractivity contribution is -0.385. The first-order chi connectivity index (χ1) is 25.4. The molecule has 1 fully saturated rings. The number of fused-ring (bicyclic) bond motifs is 3. The van der Waals surface area contributed by atoms with Crippen molar-refractivity contribution in [1.82, 2.24) is 4.90 Å². The number of amides is 3. The van der Waals surface area contributed by atoms with E-state index in [0.717, 1.165) is 23.1 Å². The first-order valence-corrected chi connectivity index (χ1v) is 20.7. The molecule has 3 amide bonds. The summed E-state index contributed by atoms with van der Waals surface area (Å²) < 4.78 is 23.2. The van der Waals surface area contributed by atoms with E-state index in [9.17, 15) is 29.6 Å². The summed E-state index contributed by atoms with van der Waals surface area (Å²) in [5.74, 6) is -1.57. The van der Waals surface area contributed by atoms with Crippen LogP contribution in [0.5, 0.6) is 0 Å². The Balaban J connectivity index is 1.22. The minimum atomic E-state index is -3.66. The zero-order valence-electron chi connectivity index (χ0n) is 29.7. The van der Waals surface area contributed by atoms with E-state index >= 15 is 4.11 Å². The van der Waals surface area contributed by atoms with Crippen LogP contribution in [0.15, 0.2) is 97.1 Å². The highest BCUT2D eigenvalue weighted by atomic mass is 28.4. The molecule has 1 spiro atoms. The van der Waals surface area contributed by atoms with E-state index in [-0.39, 0.29) is 43.3 Å². The number of nitro groups is 1. The molecule has 0 saturated carbocycles. The number of ether oxygens (including phenoxy) is 1. The molecular weight excluding hydrogens is 696 g/mol. The predicted molar refractivity (Wildman–Crippen MR) is 200 cm³/mol. The molecule has 7 rings (SSSR count). The zero-order valence-corrected chi connectivity index (χ0v) is 30.7. The number of non-ortho nitro benzene ring substituents is 1. The van der Waals surface area contributed by atoms with Gasteiger partial charge in [-0.25, -0.2) is 0 Å². The van der Waals surface area contributed by atoms with Gasteiger partial charge in [-0.05, 0) is 66.5 Å². The van der Waals surface area contributed by atoms with Crippen LogP contribution in [-0.4, -0.2) is 60.3 Å². The Bertz CT molecular complexity index is 2060. The molecule has 0 bridgehead atoms. The highest BCUT2D eigenvalue weighted by Gasteiger charge is 2.67. The van der Waals surface area contributed by atoms with E-state index < -0.39 is 48.4 Å². The van der Waals surface area contributed by atoms with Gasteiger partial charge in [0.2, 0.25) is 20.7 Å². The van der Waals surface area contributed by atoms with Crippen LogP contribution in [-0.2, 0) is 44.2 Å². The fourth-order valence-electron chi connectivity index (χ4n) is 8.64. The van der Waals surface area contributed by atoms with Gasteiger partial charge in [0.05, 0.1) is 42.3 Å². The summed E-state index contributed by atoms with van der Waals surface area (Å²) in [5.41, 5.74) is 1.91. The van der Waals surface area contributed by atoms with Gasteiger partial charge in [-0.3, -0.25) is 29.4 Å². The van der Waals surface area contributed by atoms with E-state index in [2.05, 4.69) is 0 Å². The van der Waals surface area contributed by atoms with E-state index in [1.165, 1.54) is 41.1 Å². The molecule has 0 unspecified atom stereocenters. The van der Waals surface area contributed by atoms with Crippen molar-refractivity contribution < 1.29 is 33.3 Å². The van der Waals surface area contributed by atoms with E-state index in [1.807, 2.05) is 54.6 Å². The first kappa shape index (κ1) is 36.1.